The predicted molar refractivity (Wildman–Crippen MR) is 114 cm³/mol. The van der Waals surface area contributed by atoms with Crippen molar-refractivity contribution < 1.29 is 19.1 Å². The van der Waals surface area contributed by atoms with Gasteiger partial charge in [-0.2, -0.15) is 0 Å². The maximum absolute atomic E-state index is 13.8. The van der Waals surface area contributed by atoms with Crippen LogP contribution in [0.1, 0.15) is 38.6 Å². The number of aromatic carboxylic acids is 1. The molecular formula is C24H21FN2O3. The van der Waals surface area contributed by atoms with E-state index in [0.29, 0.717) is 17.3 Å². The Morgan fingerprint density at radius 2 is 1.70 bits per heavy atom. The van der Waals surface area contributed by atoms with Crippen molar-refractivity contribution in [1.29, 1.82) is 0 Å². The molecule has 0 aliphatic carbocycles. The number of anilines is 2. The van der Waals surface area contributed by atoms with Gasteiger partial charge in [0.05, 0.1) is 16.8 Å². The zero-order valence-corrected chi connectivity index (χ0v) is 16.2. The van der Waals surface area contributed by atoms with Gasteiger partial charge in [-0.25, -0.2) is 9.18 Å². The summed E-state index contributed by atoms with van der Waals surface area (Å²) in [7, 11) is 0. The number of hydrogen-bond donors (Lipinski definition) is 2. The number of hydrogen-bond acceptors (Lipinski definition) is 3. The molecule has 0 saturated carbocycles. The van der Waals surface area contributed by atoms with Gasteiger partial charge < -0.3 is 15.3 Å². The lowest BCUT2D eigenvalue weighted by molar-refractivity contribution is 0.0697. The molecule has 1 unspecified atom stereocenters. The molecule has 6 heteroatoms. The number of amides is 1. The number of benzene rings is 3. The Hall–Kier alpha value is -3.67. The van der Waals surface area contributed by atoms with Crippen LogP contribution in [0, 0.1) is 5.82 Å². The first-order chi connectivity index (χ1) is 14.5. The van der Waals surface area contributed by atoms with E-state index in [0.717, 1.165) is 19.5 Å². The molecule has 3 aromatic rings. The van der Waals surface area contributed by atoms with Crippen molar-refractivity contribution in [2.75, 3.05) is 23.3 Å². The van der Waals surface area contributed by atoms with Crippen molar-refractivity contribution in [3.05, 3.63) is 95.3 Å². The van der Waals surface area contributed by atoms with E-state index in [9.17, 15) is 19.1 Å². The molecule has 3 aromatic carbocycles. The minimum atomic E-state index is -1.07. The van der Waals surface area contributed by atoms with Crippen molar-refractivity contribution in [1.82, 2.24) is 0 Å². The van der Waals surface area contributed by atoms with Gasteiger partial charge in [-0.3, -0.25) is 4.79 Å². The molecular weight excluding hydrogens is 383 g/mol. The molecule has 30 heavy (non-hydrogen) atoms. The second kappa shape index (κ2) is 8.37. The van der Waals surface area contributed by atoms with E-state index in [1.54, 1.807) is 18.2 Å². The summed E-state index contributed by atoms with van der Waals surface area (Å²) in [6, 6.07) is 20.6. The molecule has 1 atom stereocenters. The van der Waals surface area contributed by atoms with Gasteiger partial charge in [0.25, 0.3) is 5.91 Å². The molecule has 1 fully saturated rings. The van der Waals surface area contributed by atoms with Gasteiger partial charge in [-0.15, -0.1) is 0 Å². The molecule has 4 rings (SSSR count). The Morgan fingerprint density at radius 1 is 0.967 bits per heavy atom. The Labute approximate surface area is 173 Å². The molecule has 0 bridgehead atoms. The third-order valence-electron chi connectivity index (χ3n) is 5.40. The second-order valence-corrected chi connectivity index (χ2v) is 7.31. The standard InChI is InChI=1S/C24H21FN2O3/c25-21-9-5-4-8-19(21)23(28)26-18-10-11-22(20(14-18)24(29)30)27-13-12-17(15-27)16-6-2-1-3-7-16/h1-11,14,17H,12-13,15H2,(H,26,28)(H,29,30). The monoisotopic (exact) mass is 404 g/mol. The van der Waals surface area contributed by atoms with E-state index in [2.05, 4.69) is 22.3 Å². The summed E-state index contributed by atoms with van der Waals surface area (Å²) < 4.78 is 13.8. The highest BCUT2D eigenvalue weighted by Crippen LogP contribution is 2.33. The molecule has 2 N–H and O–H groups in total. The molecule has 1 heterocycles. The van der Waals surface area contributed by atoms with Crippen LogP contribution < -0.4 is 10.2 Å². The summed E-state index contributed by atoms with van der Waals surface area (Å²) >= 11 is 0. The third kappa shape index (κ3) is 4.03. The highest BCUT2D eigenvalue weighted by atomic mass is 19.1. The molecule has 152 valence electrons. The van der Waals surface area contributed by atoms with Crippen LogP contribution in [0.3, 0.4) is 0 Å². The van der Waals surface area contributed by atoms with Crippen molar-refractivity contribution in [2.24, 2.45) is 0 Å². The van der Waals surface area contributed by atoms with Crippen molar-refractivity contribution in [3.8, 4) is 0 Å². The maximum atomic E-state index is 13.8. The van der Waals surface area contributed by atoms with E-state index < -0.39 is 17.7 Å². The molecule has 1 amide bonds. The van der Waals surface area contributed by atoms with E-state index in [1.165, 1.54) is 29.8 Å². The van der Waals surface area contributed by atoms with Gasteiger partial charge in [0, 0.05) is 24.7 Å². The Bertz CT molecular complexity index is 1080. The zero-order valence-electron chi connectivity index (χ0n) is 16.2. The molecule has 1 saturated heterocycles. The Morgan fingerprint density at radius 3 is 2.43 bits per heavy atom. The summed E-state index contributed by atoms with van der Waals surface area (Å²) in [6.07, 6.45) is 0.939. The number of nitrogens with one attached hydrogen (secondary N) is 1. The van der Waals surface area contributed by atoms with Crippen LogP contribution in [-0.4, -0.2) is 30.1 Å². The first-order valence-corrected chi connectivity index (χ1v) is 9.76. The highest BCUT2D eigenvalue weighted by molar-refractivity contribution is 6.05. The smallest absolute Gasteiger partial charge is 0.337 e. The molecule has 0 radical (unpaired) electrons. The fraction of sp³-hybridized carbons (Fsp3) is 0.167. The zero-order chi connectivity index (χ0) is 21.1. The summed E-state index contributed by atoms with van der Waals surface area (Å²) in [5, 5.41) is 12.3. The van der Waals surface area contributed by atoms with E-state index in [1.807, 2.05) is 18.2 Å². The topological polar surface area (TPSA) is 69.6 Å². The summed E-state index contributed by atoms with van der Waals surface area (Å²) in [5.41, 5.74) is 2.18. The van der Waals surface area contributed by atoms with E-state index in [-0.39, 0.29) is 11.1 Å². The van der Waals surface area contributed by atoms with Gasteiger partial charge in [0.15, 0.2) is 0 Å². The first kappa shape index (κ1) is 19.6. The largest absolute Gasteiger partial charge is 0.478 e. The quantitative estimate of drug-likeness (QED) is 0.643. The summed E-state index contributed by atoms with van der Waals surface area (Å²) in [6.45, 7) is 1.48. The lowest BCUT2D eigenvalue weighted by Gasteiger charge is -2.21. The van der Waals surface area contributed by atoms with Gasteiger partial charge in [0.1, 0.15) is 5.82 Å². The van der Waals surface area contributed by atoms with Gasteiger partial charge in [0.2, 0.25) is 0 Å². The van der Waals surface area contributed by atoms with E-state index >= 15 is 0 Å². The number of nitrogens with zero attached hydrogens (tertiary/aromatic N) is 1. The van der Waals surface area contributed by atoms with Crippen LogP contribution in [0.2, 0.25) is 0 Å². The van der Waals surface area contributed by atoms with Crippen LogP contribution in [0.4, 0.5) is 15.8 Å². The Balaban J connectivity index is 1.55. The molecule has 5 nitrogen and oxygen atoms in total. The van der Waals surface area contributed by atoms with Crippen molar-refractivity contribution in [2.45, 2.75) is 12.3 Å². The van der Waals surface area contributed by atoms with Crippen LogP contribution in [-0.2, 0) is 0 Å². The van der Waals surface area contributed by atoms with Gasteiger partial charge >= 0.3 is 5.97 Å². The number of carboxylic acids is 1. The normalized spacial score (nSPS) is 15.8. The highest BCUT2D eigenvalue weighted by Gasteiger charge is 2.27. The van der Waals surface area contributed by atoms with Crippen LogP contribution >= 0.6 is 0 Å². The van der Waals surface area contributed by atoms with Gasteiger partial charge in [-0.05, 0) is 42.3 Å². The van der Waals surface area contributed by atoms with Crippen LogP contribution in [0.15, 0.2) is 72.8 Å². The fourth-order valence-corrected chi connectivity index (χ4v) is 3.88. The minimum absolute atomic E-state index is 0.0938. The number of halogens is 1. The number of carbonyl (C=O) groups excluding carboxylic acids is 1. The number of carbonyl (C=O) groups is 2. The maximum Gasteiger partial charge on any atom is 0.337 e. The summed E-state index contributed by atoms with van der Waals surface area (Å²) in [4.78, 5) is 26.3. The molecule has 1 aliphatic rings. The first-order valence-electron chi connectivity index (χ1n) is 9.76. The fourth-order valence-electron chi connectivity index (χ4n) is 3.88. The average molecular weight is 404 g/mol. The second-order valence-electron chi connectivity index (χ2n) is 7.31. The predicted octanol–water partition coefficient (Wildman–Crippen LogP) is 4.77. The van der Waals surface area contributed by atoms with Crippen LogP contribution in [0.25, 0.3) is 0 Å². The third-order valence-corrected chi connectivity index (χ3v) is 5.40. The summed E-state index contributed by atoms with van der Waals surface area (Å²) in [5.74, 6) is -1.99. The van der Waals surface area contributed by atoms with Crippen LogP contribution in [0.5, 0.6) is 0 Å². The van der Waals surface area contributed by atoms with E-state index in [4.69, 9.17) is 0 Å². The lowest BCUT2D eigenvalue weighted by atomic mass is 9.99. The number of carboxylic acid groups (broad SMARTS) is 1. The Kier molecular flexibility index (Phi) is 5.48. The minimum Gasteiger partial charge on any atom is -0.478 e. The molecule has 0 aromatic heterocycles. The molecule has 0 spiro atoms. The van der Waals surface area contributed by atoms with Gasteiger partial charge in [-0.1, -0.05) is 42.5 Å². The SMILES string of the molecule is O=C(Nc1ccc(N2CCC(c3ccccc3)C2)c(C(=O)O)c1)c1ccccc1F. The lowest BCUT2D eigenvalue weighted by Crippen LogP contribution is -2.22. The van der Waals surface area contributed by atoms with Crippen molar-refractivity contribution >= 4 is 23.3 Å². The molecule has 1 aliphatic heterocycles. The van der Waals surface area contributed by atoms with Crippen molar-refractivity contribution in [3.63, 3.8) is 0 Å². The number of rotatable bonds is 5. The average Bonchev–Trinajstić information content (AvgIpc) is 3.24.